The van der Waals surface area contributed by atoms with Gasteiger partial charge in [0.15, 0.2) is 0 Å². The van der Waals surface area contributed by atoms with E-state index in [1.54, 1.807) is 0 Å². The van der Waals surface area contributed by atoms with Crippen molar-refractivity contribution in [2.24, 2.45) is 0 Å². The average molecular weight is 405 g/mol. The fourth-order valence-corrected chi connectivity index (χ4v) is 3.76. The Morgan fingerprint density at radius 2 is 0.900 bits per heavy atom. The van der Waals surface area contributed by atoms with E-state index in [1.807, 2.05) is 0 Å². The molecule has 0 atom stereocenters. The summed E-state index contributed by atoms with van der Waals surface area (Å²) < 4.78 is 0. The van der Waals surface area contributed by atoms with Crippen LogP contribution in [0.2, 0.25) is 0 Å². The molecule has 2 aromatic carbocycles. The predicted molar refractivity (Wildman–Crippen MR) is 133 cm³/mol. The van der Waals surface area contributed by atoms with Gasteiger partial charge in [0.05, 0.1) is 6.67 Å². The van der Waals surface area contributed by atoms with Crippen LogP contribution >= 0.6 is 0 Å². The number of rotatable bonds is 2. The van der Waals surface area contributed by atoms with Crippen LogP contribution in [-0.4, -0.2) is 6.67 Å². The van der Waals surface area contributed by atoms with Crippen LogP contribution in [0.25, 0.3) is 0 Å². The van der Waals surface area contributed by atoms with Crippen molar-refractivity contribution < 1.29 is 0 Å². The molecule has 0 unspecified atom stereocenters. The monoisotopic (exact) mass is 404 g/mol. The minimum atomic E-state index is 0.122. The molecule has 0 aromatic heterocycles. The molecule has 1 aliphatic heterocycles. The molecule has 162 valence electrons. The Balaban J connectivity index is 1.94. The first kappa shape index (κ1) is 22.5. The molecule has 0 spiro atoms. The lowest BCUT2D eigenvalue weighted by molar-refractivity contribution is 0.568. The number of hydrogen-bond acceptors (Lipinski definition) is 2. The number of anilines is 2. The van der Waals surface area contributed by atoms with Crippen LogP contribution in [0.1, 0.15) is 84.6 Å². The second-order valence-electron chi connectivity index (χ2n) is 12.0. The Bertz CT molecular complexity index is 914. The van der Waals surface area contributed by atoms with Gasteiger partial charge < -0.3 is 9.80 Å². The lowest BCUT2D eigenvalue weighted by atomic mass is 9.80. The van der Waals surface area contributed by atoms with Gasteiger partial charge in [0.2, 0.25) is 0 Å². The number of hydrogen-bond donors (Lipinski definition) is 0. The van der Waals surface area contributed by atoms with Crippen LogP contribution in [0, 0.1) is 6.92 Å². The molecule has 2 nitrogen and oxygen atoms in total. The van der Waals surface area contributed by atoms with E-state index in [1.165, 1.54) is 33.6 Å². The van der Waals surface area contributed by atoms with Crippen molar-refractivity contribution in [1.29, 1.82) is 0 Å². The molecule has 0 fully saturated rings. The SMILES string of the molecule is Cc1cc(N2C=CN(c3cc(C(C)(C)C)cc(C(C)(C)C)c3)C2)cc(C(C)(C)C)c1. The summed E-state index contributed by atoms with van der Waals surface area (Å²) in [5, 5.41) is 0. The van der Waals surface area contributed by atoms with E-state index >= 15 is 0 Å². The van der Waals surface area contributed by atoms with Crippen LogP contribution < -0.4 is 9.80 Å². The van der Waals surface area contributed by atoms with Crippen molar-refractivity contribution in [1.82, 2.24) is 0 Å². The molecule has 1 aliphatic rings. The summed E-state index contributed by atoms with van der Waals surface area (Å²) in [7, 11) is 0. The maximum atomic E-state index is 2.39. The van der Waals surface area contributed by atoms with Crippen LogP contribution in [0.4, 0.5) is 11.4 Å². The van der Waals surface area contributed by atoms with E-state index in [0.717, 1.165) is 6.67 Å². The van der Waals surface area contributed by atoms with Crippen molar-refractivity contribution in [3.8, 4) is 0 Å². The van der Waals surface area contributed by atoms with Crippen molar-refractivity contribution in [2.75, 3.05) is 16.5 Å². The fourth-order valence-electron chi connectivity index (χ4n) is 3.76. The Morgan fingerprint density at radius 3 is 1.30 bits per heavy atom. The topological polar surface area (TPSA) is 6.48 Å². The zero-order chi connectivity index (χ0) is 22.5. The van der Waals surface area contributed by atoms with Gasteiger partial charge in [-0.1, -0.05) is 74.4 Å². The quantitative estimate of drug-likeness (QED) is 0.507. The highest BCUT2D eigenvalue weighted by molar-refractivity contribution is 5.63. The number of aryl methyl sites for hydroxylation is 1. The van der Waals surface area contributed by atoms with Gasteiger partial charge in [-0.15, -0.1) is 0 Å². The van der Waals surface area contributed by atoms with Crippen molar-refractivity contribution in [3.05, 3.63) is 71.1 Å². The third-order valence-corrected chi connectivity index (χ3v) is 5.97. The largest absolute Gasteiger partial charge is 0.328 e. The Labute approximate surface area is 184 Å². The summed E-state index contributed by atoms with van der Waals surface area (Å²) >= 11 is 0. The Morgan fingerprint density at radius 1 is 0.533 bits per heavy atom. The maximum absolute atomic E-state index is 2.39. The van der Waals surface area contributed by atoms with Gasteiger partial charge in [-0.2, -0.15) is 0 Å². The molecule has 0 amide bonds. The van der Waals surface area contributed by atoms with E-state index in [4.69, 9.17) is 0 Å². The molecule has 0 N–H and O–H groups in total. The molecule has 0 bridgehead atoms. The molecule has 0 saturated heterocycles. The zero-order valence-electron chi connectivity index (χ0n) is 20.7. The number of nitrogens with zero attached hydrogens (tertiary/aromatic N) is 2. The first-order chi connectivity index (χ1) is 13.6. The Kier molecular flexibility index (Phi) is 5.60. The highest BCUT2D eigenvalue weighted by Crippen LogP contribution is 2.35. The molecule has 0 aliphatic carbocycles. The van der Waals surface area contributed by atoms with Crippen LogP contribution in [-0.2, 0) is 16.2 Å². The average Bonchev–Trinajstić information content (AvgIpc) is 3.09. The van der Waals surface area contributed by atoms with E-state index in [9.17, 15) is 0 Å². The summed E-state index contributed by atoms with van der Waals surface area (Å²) in [6.07, 6.45) is 4.43. The highest BCUT2D eigenvalue weighted by Gasteiger charge is 2.24. The van der Waals surface area contributed by atoms with E-state index in [-0.39, 0.29) is 16.2 Å². The lowest BCUT2D eigenvalue weighted by Gasteiger charge is -2.29. The van der Waals surface area contributed by atoms with E-state index in [0.29, 0.717) is 0 Å². The van der Waals surface area contributed by atoms with Gasteiger partial charge in [0, 0.05) is 23.8 Å². The molecule has 0 radical (unpaired) electrons. The molecular weight excluding hydrogens is 364 g/mol. The minimum Gasteiger partial charge on any atom is -0.328 e. The summed E-state index contributed by atoms with van der Waals surface area (Å²) in [6, 6.07) is 14.0. The van der Waals surface area contributed by atoms with E-state index < -0.39 is 0 Å². The van der Waals surface area contributed by atoms with Gasteiger partial charge in [-0.25, -0.2) is 0 Å². The standard InChI is InChI=1S/C28H40N2/c1-20-13-21(26(2,3)4)16-24(14-20)29-11-12-30(19-29)25-17-22(27(5,6)7)15-23(18-25)28(8,9)10/h11-18H,19H2,1-10H3. The predicted octanol–water partition coefficient (Wildman–Crippen LogP) is 7.64. The van der Waals surface area contributed by atoms with Gasteiger partial charge >= 0.3 is 0 Å². The molecule has 2 heteroatoms. The summed E-state index contributed by atoms with van der Waals surface area (Å²) in [5.74, 6) is 0. The van der Waals surface area contributed by atoms with Gasteiger partial charge in [-0.05, 0) is 69.7 Å². The summed E-state index contributed by atoms with van der Waals surface area (Å²) in [6.45, 7) is 23.7. The van der Waals surface area contributed by atoms with Crippen molar-refractivity contribution in [3.63, 3.8) is 0 Å². The summed E-state index contributed by atoms with van der Waals surface area (Å²) in [4.78, 5) is 4.71. The number of benzene rings is 2. The third-order valence-electron chi connectivity index (χ3n) is 5.97. The van der Waals surface area contributed by atoms with E-state index in [2.05, 4.69) is 128 Å². The van der Waals surface area contributed by atoms with Crippen LogP contribution in [0.5, 0.6) is 0 Å². The van der Waals surface area contributed by atoms with Gasteiger partial charge in [0.1, 0.15) is 0 Å². The molecular formula is C28H40N2. The normalized spacial score (nSPS) is 15.3. The van der Waals surface area contributed by atoms with Gasteiger partial charge in [0.25, 0.3) is 0 Å². The second-order valence-corrected chi connectivity index (χ2v) is 12.0. The molecule has 0 saturated carbocycles. The van der Waals surface area contributed by atoms with Crippen molar-refractivity contribution >= 4 is 11.4 Å². The zero-order valence-corrected chi connectivity index (χ0v) is 20.7. The maximum Gasteiger partial charge on any atom is 0.0989 e. The Hall–Kier alpha value is -2.22. The van der Waals surface area contributed by atoms with Crippen LogP contribution in [0.3, 0.4) is 0 Å². The molecule has 30 heavy (non-hydrogen) atoms. The minimum absolute atomic E-state index is 0.122. The lowest BCUT2D eigenvalue weighted by Crippen LogP contribution is -2.26. The van der Waals surface area contributed by atoms with Crippen molar-refractivity contribution in [2.45, 2.75) is 85.5 Å². The first-order valence-electron chi connectivity index (χ1n) is 11.1. The van der Waals surface area contributed by atoms with Crippen LogP contribution in [0.15, 0.2) is 48.8 Å². The first-order valence-corrected chi connectivity index (χ1v) is 11.1. The third kappa shape index (κ3) is 4.91. The fraction of sp³-hybridized carbons (Fsp3) is 0.500. The molecule has 2 aromatic rings. The van der Waals surface area contributed by atoms with Gasteiger partial charge in [-0.3, -0.25) is 0 Å². The summed E-state index contributed by atoms with van der Waals surface area (Å²) in [5.41, 5.74) is 8.41. The molecule has 3 rings (SSSR count). The molecule has 1 heterocycles. The second kappa shape index (κ2) is 7.48. The smallest absolute Gasteiger partial charge is 0.0989 e. The highest BCUT2D eigenvalue weighted by atomic mass is 15.3.